The maximum Gasteiger partial charge on any atom is 0.252 e. The van der Waals surface area contributed by atoms with Gasteiger partial charge in [0.15, 0.2) is 0 Å². The topological polar surface area (TPSA) is 26.3 Å². The number of para-hydroxylation sites is 1. The molecule has 2 nitrogen and oxygen atoms in total. The monoisotopic (exact) mass is 362 g/mol. The van der Waals surface area contributed by atoms with Crippen LogP contribution in [0.4, 0.5) is 0 Å². The van der Waals surface area contributed by atoms with Gasteiger partial charge in [-0.25, -0.2) is 0 Å². The van der Waals surface area contributed by atoms with E-state index in [1.165, 1.54) is 16.7 Å². The number of hydrogen-bond donors (Lipinski definition) is 0. The van der Waals surface area contributed by atoms with Crippen LogP contribution in [0.25, 0.3) is 0 Å². The molecule has 0 aromatic heterocycles. The molecule has 0 fully saturated rings. The molecule has 4 rings (SSSR count). The van der Waals surface area contributed by atoms with Crippen LogP contribution < -0.4 is 4.74 Å². The molecule has 0 amide bonds. The molecule has 0 radical (unpaired) electrons. The van der Waals surface area contributed by atoms with Crippen molar-refractivity contribution in [2.24, 2.45) is 0 Å². The summed E-state index contributed by atoms with van der Waals surface area (Å²) < 4.78 is 5.86. The third kappa shape index (κ3) is 3.38. The average Bonchev–Trinajstić information content (AvgIpc) is 3.11. The molecule has 1 atom stereocenters. The van der Waals surface area contributed by atoms with Gasteiger partial charge in [-0.3, -0.25) is 4.79 Å². The highest BCUT2D eigenvalue weighted by Crippen LogP contribution is 2.38. The fraction of sp³-hybridized carbons (Fsp3) is 0.174. The molecule has 1 aliphatic rings. The van der Waals surface area contributed by atoms with Crippen molar-refractivity contribution in [1.82, 2.24) is 0 Å². The van der Waals surface area contributed by atoms with Crippen LogP contribution >= 0.6 is 11.6 Å². The van der Waals surface area contributed by atoms with Crippen molar-refractivity contribution in [2.75, 3.05) is 0 Å². The minimum Gasteiger partial charge on any atom is -0.489 e. The molecule has 1 aliphatic carbocycles. The van der Waals surface area contributed by atoms with E-state index in [0.29, 0.717) is 18.1 Å². The summed E-state index contributed by atoms with van der Waals surface area (Å²) in [6.07, 6.45) is 2.18. The van der Waals surface area contributed by atoms with Crippen LogP contribution in [0, 0.1) is 0 Å². The zero-order chi connectivity index (χ0) is 17.9. The van der Waals surface area contributed by atoms with Gasteiger partial charge < -0.3 is 4.74 Å². The Morgan fingerprint density at radius 3 is 2.58 bits per heavy atom. The molecule has 26 heavy (non-hydrogen) atoms. The summed E-state index contributed by atoms with van der Waals surface area (Å²) in [6, 6.07) is 24.1. The van der Waals surface area contributed by atoms with E-state index in [4.69, 9.17) is 16.3 Å². The first kappa shape index (κ1) is 16.9. The van der Waals surface area contributed by atoms with Crippen LogP contribution in [0.2, 0.25) is 0 Å². The predicted molar refractivity (Wildman–Crippen MR) is 104 cm³/mol. The van der Waals surface area contributed by atoms with E-state index < -0.39 is 5.24 Å². The molecule has 3 aromatic rings. The summed E-state index contributed by atoms with van der Waals surface area (Å²) in [5.41, 5.74) is 5.35. The molecule has 0 spiro atoms. The minimum absolute atomic E-state index is 0.319. The van der Waals surface area contributed by atoms with Crippen molar-refractivity contribution in [1.29, 1.82) is 0 Å². The summed E-state index contributed by atoms with van der Waals surface area (Å²) in [5.74, 6) is 1.14. The van der Waals surface area contributed by atoms with E-state index in [1.807, 2.05) is 42.5 Å². The van der Waals surface area contributed by atoms with E-state index in [1.54, 1.807) is 0 Å². The summed E-state index contributed by atoms with van der Waals surface area (Å²) in [4.78, 5) is 11.8. The average molecular weight is 363 g/mol. The highest BCUT2D eigenvalue weighted by molar-refractivity contribution is 6.67. The molecule has 0 heterocycles. The van der Waals surface area contributed by atoms with Gasteiger partial charge in [-0.1, -0.05) is 54.6 Å². The Kier molecular flexibility index (Phi) is 4.77. The fourth-order valence-corrected chi connectivity index (χ4v) is 3.91. The van der Waals surface area contributed by atoms with Crippen molar-refractivity contribution < 1.29 is 9.53 Å². The normalized spacial score (nSPS) is 15.5. The molecule has 0 N–H and O–H groups in total. The van der Waals surface area contributed by atoms with Gasteiger partial charge in [-0.2, -0.15) is 0 Å². The number of hydrogen-bond acceptors (Lipinski definition) is 2. The molecule has 0 bridgehead atoms. The van der Waals surface area contributed by atoms with Gasteiger partial charge in [0.05, 0.1) is 0 Å². The number of aryl methyl sites for hydroxylation is 1. The number of ether oxygens (including phenoxy) is 1. The Morgan fingerprint density at radius 2 is 1.77 bits per heavy atom. The number of carbonyl (C=O) groups is 1. The van der Waals surface area contributed by atoms with Crippen molar-refractivity contribution >= 4 is 16.8 Å². The van der Waals surface area contributed by atoms with Gasteiger partial charge >= 0.3 is 0 Å². The second-order valence-electron chi connectivity index (χ2n) is 6.58. The first-order valence-corrected chi connectivity index (χ1v) is 9.18. The van der Waals surface area contributed by atoms with Crippen molar-refractivity contribution in [2.45, 2.75) is 25.4 Å². The highest BCUT2D eigenvalue weighted by atomic mass is 35.5. The van der Waals surface area contributed by atoms with Gasteiger partial charge in [0, 0.05) is 17.0 Å². The molecular formula is C23H19ClO2. The van der Waals surface area contributed by atoms with E-state index in [9.17, 15) is 4.79 Å². The van der Waals surface area contributed by atoms with E-state index >= 15 is 0 Å². The highest BCUT2D eigenvalue weighted by Gasteiger charge is 2.24. The first-order chi connectivity index (χ1) is 12.7. The molecule has 0 saturated carbocycles. The lowest BCUT2D eigenvalue weighted by atomic mass is 9.90. The number of benzene rings is 3. The summed E-state index contributed by atoms with van der Waals surface area (Å²) in [6.45, 7) is 0.319. The van der Waals surface area contributed by atoms with Crippen LogP contribution in [0.1, 0.15) is 45.0 Å². The number of carbonyl (C=O) groups excluding carboxylic acids is 1. The quantitative estimate of drug-likeness (QED) is 0.542. The summed E-state index contributed by atoms with van der Waals surface area (Å²) in [5, 5.41) is -0.449. The molecule has 0 saturated heterocycles. The third-order valence-electron chi connectivity index (χ3n) is 5.01. The van der Waals surface area contributed by atoms with Crippen molar-refractivity contribution in [3.05, 3.63) is 101 Å². The van der Waals surface area contributed by atoms with Gasteiger partial charge in [0.25, 0.3) is 5.24 Å². The Labute approximate surface area is 158 Å². The molecule has 3 aromatic carbocycles. The zero-order valence-electron chi connectivity index (χ0n) is 14.3. The molecular weight excluding hydrogens is 344 g/mol. The SMILES string of the molecule is O=C(Cl)c1ccc(C2CCc3ccccc32)cc1COc1ccccc1. The van der Waals surface area contributed by atoms with Gasteiger partial charge in [-0.05, 0) is 59.3 Å². The fourth-order valence-electron chi connectivity index (χ4n) is 3.72. The van der Waals surface area contributed by atoms with Crippen LogP contribution in [0.15, 0.2) is 72.8 Å². The summed E-state index contributed by atoms with van der Waals surface area (Å²) >= 11 is 5.79. The molecule has 0 aliphatic heterocycles. The Bertz CT molecular complexity index is 934. The second-order valence-corrected chi connectivity index (χ2v) is 6.93. The molecule has 3 heteroatoms. The lowest BCUT2D eigenvalue weighted by Gasteiger charge is -2.16. The zero-order valence-corrected chi connectivity index (χ0v) is 15.1. The lowest BCUT2D eigenvalue weighted by molar-refractivity contribution is 0.107. The molecule has 130 valence electrons. The van der Waals surface area contributed by atoms with Crippen LogP contribution in [-0.4, -0.2) is 5.24 Å². The van der Waals surface area contributed by atoms with Gasteiger partial charge in [0.2, 0.25) is 0 Å². The maximum atomic E-state index is 11.8. The number of rotatable bonds is 5. The van der Waals surface area contributed by atoms with Crippen LogP contribution in [0.5, 0.6) is 5.75 Å². The van der Waals surface area contributed by atoms with E-state index in [-0.39, 0.29) is 0 Å². The minimum atomic E-state index is -0.449. The number of halogens is 1. The van der Waals surface area contributed by atoms with Crippen LogP contribution in [-0.2, 0) is 13.0 Å². The lowest BCUT2D eigenvalue weighted by Crippen LogP contribution is -2.05. The standard InChI is InChI=1S/C23H19ClO2/c24-23(25)22-13-11-17(21-12-10-16-6-4-5-9-20(16)21)14-18(22)15-26-19-7-2-1-3-8-19/h1-9,11,13-14,21H,10,12,15H2. The number of fused-ring (bicyclic) bond motifs is 1. The van der Waals surface area contributed by atoms with E-state index in [0.717, 1.165) is 24.2 Å². The third-order valence-corrected chi connectivity index (χ3v) is 5.22. The van der Waals surface area contributed by atoms with E-state index in [2.05, 4.69) is 30.3 Å². The smallest absolute Gasteiger partial charge is 0.252 e. The van der Waals surface area contributed by atoms with Crippen molar-refractivity contribution in [3.8, 4) is 5.75 Å². The summed E-state index contributed by atoms with van der Waals surface area (Å²) in [7, 11) is 0. The largest absolute Gasteiger partial charge is 0.489 e. The molecule has 1 unspecified atom stereocenters. The van der Waals surface area contributed by atoms with Crippen molar-refractivity contribution in [3.63, 3.8) is 0 Å². The van der Waals surface area contributed by atoms with Gasteiger partial charge in [0.1, 0.15) is 12.4 Å². The maximum absolute atomic E-state index is 11.8. The predicted octanol–water partition coefficient (Wildman–Crippen LogP) is 5.72. The van der Waals surface area contributed by atoms with Crippen LogP contribution in [0.3, 0.4) is 0 Å². The Hall–Kier alpha value is -2.58. The van der Waals surface area contributed by atoms with Gasteiger partial charge in [-0.15, -0.1) is 0 Å². The Morgan fingerprint density at radius 1 is 1.00 bits per heavy atom. The first-order valence-electron chi connectivity index (χ1n) is 8.80. The second kappa shape index (κ2) is 7.35. The Balaban J connectivity index is 1.64.